The molecule has 0 atom stereocenters. The lowest BCUT2D eigenvalue weighted by atomic mass is 10.1. The first kappa shape index (κ1) is 10.7. The van der Waals surface area contributed by atoms with Gasteiger partial charge >= 0.3 is 0 Å². The Morgan fingerprint density at radius 1 is 1.12 bits per heavy atom. The zero-order chi connectivity index (χ0) is 11.7. The number of fused-ring (bicyclic) bond motifs is 1. The minimum absolute atomic E-state index is 0.0918. The summed E-state index contributed by atoms with van der Waals surface area (Å²) in [6.45, 7) is -0.0918. The average molecular weight is 221 g/mol. The van der Waals surface area contributed by atoms with E-state index in [1.165, 1.54) is 0 Å². The Balaban J connectivity index is 2.22. The van der Waals surface area contributed by atoms with Crippen molar-refractivity contribution in [3.05, 3.63) is 35.4 Å². The number of nitrogens with zero attached hydrogens (tertiary/aromatic N) is 1. The Kier molecular flexibility index (Phi) is 2.69. The molecule has 0 fully saturated rings. The SMILES string of the molecule is NC(N)CON1C(=O)c2ccccc2C1=O. The summed E-state index contributed by atoms with van der Waals surface area (Å²) in [6, 6.07) is 6.51. The first-order valence-corrected chi connectivity index (χ1v) is 4.73. The molecule has 0 spiro atoms. The van der Waals surface area contributed by atoms with Crippen LogP contribution < -0.4 is 11.5 Å². The van der Waals surface area contributed by atoms with E-state index < -0.39 is 18.0 Å². The lowest BCUT2D eigenvalue weighted by Crippen LogP contribution is -2.40. The van der Waals surface area contributed by atoms with E-state index >= 15 is 0 Å². The van der Waals surface area contributed by atoms with Gasteiger partial charge < -0.3 is 11.5 Å². The fourth-order valence-electron chi connectivity index (χ4n) is 1.44. The fourth-order valence-corrected chi connectivity index (χ4v) is 1.44. The maximum atomic E-state index is 11.7. The summed E-state index contributed by atoms with van der Waals surface area (Å²) in [6.07, 6.45) is -0.732. The van der Waals surface area contributed by atoms with Crippen LogP contribution in [0.2, 0.25) is 0 Å². The van der Waals surface area contributed by atoms with Crippen LogP contribution >= 0.6 is 0 Å². The number of hydrogen-bond acceptors (Lipinski definition) is 5. The maximum absolute atomic E-state index is 11.7. The normalized spacial score (nSPS) is 14.8. The summed E-state index contributed by atoms with van der Waals surface area (Å²) in [5.41, 5.74) is 11.2. The summed E-state index contributed by atoms with van der Waals surface area (Å²) in [5.74, 6) is -0.970. The van der Waals surface area contributed by atoms with Crippen molar-refractivity contribution >= 4 is 11.8 Å². The van der Waals surface area contributed by atoms with Gasteiger partial charge in [-0.25, -0.2) is 0 Å². The van der Waals surface area contributed by atoms with Crippen molar-refractivity contribution in [2.45, 2.75) is 6.17 Å². The van der Waals surface area contributed by atoms with Crippen molar-refractivity contribution in [1.82, 2.24) is 5.06 Å². The second-order valence-electron chi connectivity index (χ2n) is 3.41. The summed E-state index contributed by atoms with van der Waals surface area (Å²) in [4.78, 5) is 28.4. The molecule has 6 nitrogen and oxygen atoms in total. The van der Waals surface area contributed by atoms with Crippen LogP contribution in [0.4, 0.5) is 0 Å². The van der Waals surface area contributed by atoms with E-state index in [1.807, 2.05) is 0 Å². The molecule has 2 amide bonds. The zero-order valence-electron chi connectivity index (χ0n) is 8.42. The second kappa shape index (κ2) is 4.01. The Labute approximate surface area is 91.7 Å². The van der Waals surface area contributed by atoms with Gasteiger partial charge in [-0.15, -0.1) is 5.06 Å². The predicted octanol–water partition coefficient (Wildman–Crippen LogP) is -0.542. The van der Waals surface area contributed by atoms with Crippen LogP contribution in [0.25, 0.3) is 0 Å². The van der Waals surface area contributed by atoms with Gasteiger partial charge in [0.1, 0.15) is 6.61 Å². The monoisotopic (exact) mass is 221 g/mol. The first-order chi connectivity index (χ1) is 7.61. The van der Waals surface area contributed by atoms with Gasteiger partial charge in [-0.3, -0.25) is 14.4 Å². The van der Waals surface area contributed by atoms with Gasteiger partial charge in [-0.2, -0.15) is 0 Å². The van der Waals surface area contributed by atoms with Gasteiger partial charge in [0.15, 0.2) is 0 Å². The Morgan fingerprint density at radius 3 is 2.06 bits per heavy atom. The van der Waals surface area contributed by atoms with Gasteiger partial charge in [0, 0.05) is 0 Å². The molecule has 0 bridgehead atoms. The molecule has 1 aromatic rings. The molecule has 1 aromatic carbocycles. The van der Waals surface area contributed by atoms with E-state index in [4.69, 9.17) is 16.3 Å². The minimum atomic E-state index is -0.732. The highest BCUT2D eigenvalue weighted by molar-refractivity contribution is 6.20. The number of rotatable bonds is 3. The molecule has 84 valence electrons. The fraction of sp³-hybridized carbons (Fsp3) is 0.200. The Morgan fingerprint density at radius 2 is 1.62 bits per heavy atom. The number of amides is 2. The molecule has 0 saturated carbocycles. The van der Waals surface area contributed by atoms with E-state index in [1.54, 1.807) is 24.3 Å². The maximum Gasteiger partial charge on any atom is 0.285 e. The van der Waals surface area contributed by atoms with Crippen molar-refractivity contribution in [1.29, 1.82) is 0 Å². The molecule has 2 rings (SSSR count). The molecule has 1 heterocycles. The summed E-state index contributed by atoms with van der Waals surface area (Å²) in [7, 11) is 0. The van der Waals surface area contributed by atoms with Crippen molar-refractivity contribution in [3.63, 3.8) is 0 Å². The topological polar surface area (TPSA) is 98.6 Å². The minimum Gasteiger partial charge on any atom is -0.314 e. The molecular weight excluding hydrogens is 210 g/mol. The lowest BCUT2D eigenvalue weighted by molar-refractivity contribution is -0.0948. The van der Waals surface area contributed by atoms with E-state index in [-0.39, 0.29) is 6.61 Å². The molecule has 16 heavy (non-hydrogen) atoms. The molecule has 6 heteroatoms. The van der Waals surface area contributed by atoms with Crippen LogP contribution in [0.5, 0.6) is 0 Å². The van der Waals surface area contributed by atoms with Crippen molar-refractivity contribution < 1.29 is 14.4 Å². The standard InChI is InChI=1S/C10H11N3O3/c11-8(12)5-16-13-9(14)6-3-1-2-4-7(6)10(13)15/h1-4,8H,5,11-12H2. The average Bonchev–Trinajstić information content (AvgIpc) is 2.50. The zero-order valence-corrected chi connectivity index (χ0v) is 8.42. The third kappa shape index (κ3) is 1.69. The Hall–Kier alpha value is -1.76. The van der Waals surface area contributed by atoms with Gasteiger partial charge in [-0.05, 0) is 12.1 Å². The Bertz CT molecular complexity index is 410. The van der Waals surface area contributed by atoms with Crippen LogP contribution in [0, 0.1) is 0 Å². The molecule has 1 aliphatic rings. The van der Waals surface area contributed by atoms with Crippen LogP contribution in [0.15, 0.2) is 24.3 Å². The smallest absolute Gasteiger partial charge is 0.285 e. The highest BCUT2D eigenvalue weighted by Crippen LogP contribution is 2.22. The summed E-state index contributed by atoms with van der Waals surface area (Å²) >= 11 is 0. The number of carbonyl (C=O) groups is 2. The number of hydrogen-bond donors (Lipinski definition) is 2. The van der Waals surface area contributed by atoms with Crippen molar-refractivity contribution in [3.8, 4) is 0 Å². The summed E-state index contributed by atoms with van der Waals surface area (Å²) in [5, 5.41) is 0.692. The molecule has 0 aromatic heterocycles. The number of benzene rings is 1. The number of imide groups is 1. The molecule has 0 saturated heterocycles. The molecule has 0 aliphatic carbocycles. The van der Waals surface area contributed by atoms with E-state index in [0.29, 0.717) is 16.2 Å². The molecule has 4 N–H and O–H groups in total. The van der Waals surface area contributed by atoms with Gasteiger partial charge in [0.05, 0.1) is 17.3 Å². The van der Waals surface area contributed by atoms with Gasteiger partial charge in [0.25, 0.3) is 11.8 Å². The van der Waals surface area contributed by atoms with Crippen LogP contribution in [0.3, 0.4) is 0 Å². The van der Waals surface area contributed by atoms with Crippen LogP contribution in [-0.2, 0) is 4.84 Å². The van der Waals surface area contributed by atoms with Crippen molar-refractivity contribution in [2.75, 3.05) is 6.61 Å². The molecule has 1 aliphatic heterocycles. The lowest BCUT2D eigenvalue weighted by Gasteiger charge is -2.14. The van der Waals surface area contributed by atoms with Crippen molar-refractivity contribution in [2.24, 2.45) is 11.5 Å². The largest absolute Gasteiger partial charge is 0.314 e. The van der Waals surface area contributed by atoms with E-state index in [2.05, 4.69) is 0 Å². The quantitative estimate of drug-likeness (QED) is 0.527. The van der Waals surface area contributed by atoms with Gasteiger partial charge in [-0.1, -0.05) is 12.1 Å². The van der Waals surface area contributed by atoms with Crippen LogP contribution in [0.1, 0.15) is 20.7 Å². The van der Waals surface area contributed by atoms with Crippen LogP contribution in [-0.4, -0.2) is 29.7 Å². The van der Waals surface area contributed by atoms with Gasteiger partial charge in [0.2, 0.25) is 0 Å². The first-order valence-electron chi connectivity index (χ1n) is 4.73. The van der Waals surface area contributed by atoms with E-state index in [0.717, 1.165) is 0 Å². The highest BCUT2D eigenvalue weighted by atomic mass is 16.7. The second-order valence-corrected chi connectivity index (χ2v) is 3.41. The molecule has 0 unspecified atom stereocenters. The summed E-state index contributed by atoms with van der Waals surface area (Å²) < 4.78 is 0. The third-order valence-electron chi connectivity index (χ3n) is 2.15. The molecular formula is C10H11N3O3. The number of nitrogens with two attached hydrogens (primary N) is 2. The molecule has 0 radical (unpaired) electrons. The highest BCUT2D eigenvalue weighted by Gasteiger charge is 2.36. The van der Waals surface area contributed by atoms with E-state index in [9.17, 15) is 9.59 Å². The number of hydroxylamine groups is 2. The predicted molar refractivity (Wildman–Crippen MR) is 55.1 cm³/mol. The number of carbonyl (C=O) groups excluding carboxylic acids is 2. The third-order valence-corrected chi connectivity index (χ3v) is 2.15.